The number of thiocarbonyl (C=S) groups is 3. The van der Waals surface area contributed by atoms with Crippen LogP contribution in [0.25, 0.3) is 0 Å². The van der Waals surface area contributed by atoms with E-state index in [1.807, 2.05) is 0 Å². The van der Waals surface area contributed by atoms with Crippen LogP contribution in [0.15, 0.2) is 72.8 Å². The molecule has 0 aliphatic rings. The van der Waals surface area contributed by atoms with Crippen LogP contribution in [-0.4, -0.2) is 54.1 Å². The third kappa shape index (κ3) is 10.8. The van der Waals surface area contributed by atoms with Crippen molar-refractivity contribution in [1.29, 1.82) is 0 Å². The van der Waals surface area contributed by atoms with E-state index in [0.717, 1.165) is 0 Å². The van der Waals surface area contributed by atoms with Gasteiger partial charge in [0.1, 0.15) is 17.2 Å². The molecule has 0 fully saturated rings. The van der Waals surface area contributed by atoms with E-state index in [9.17, 15) is 0 Å². The van der Waals surface area contributed by atoms with Crippen molar-refractivity contribution in [3.63, 3.8) is 0 Å². The van der Waals surface area contributed by atoms with Gasteiger partial charge < -0.3 is 89.9 Å². The van der Waals surface area contributed by atoms with Crippen LogP contribution < -0.4 is 0 Å². The molecule has 0 heterocycles. The van der Waals surface area contributed by atoms with E-state index in [1.165, 1.54) is 0 Å². The molecule has 0 bridgehead atoms. The Morgan fingerprint density at radius 1 is 0.484 bits per heavy atom. The molecule has 158 valence electrons. The summed E-state index contributed by atoms with van der Waals surface area (Å²) in [4.78, 5) is 0. The van der Waals surface area contributed by atoms with Crippen LogP contribution in [0.3, 0.4) is 0 Å². The molecule has 0 saturated heterocycles. The minimum Gasteiger partial charge on any atom is -0.507 e. The van der Waals surface area contributed by atoms with Crippen LogP contribution in [-0.2, 0) is 37.9 Å². The number of phenolic OH excluding ortho intramolecular Hbond substituents is 3. The molecule has 3 rings (SSSR count). The Labute approximate surface area is 233 Å². The van der Waals surface area contributed by atoms with Crippen LogP contribution in [0.5, 0.6) is 17.2 Å². The third-order valence-corrected chi connectivity index (χ3v) is 4.69. The van der Waals surface area contributed by atoms with E-state index in [1.54, 1.807) is 72.8 Å². The minimum absolute atomic E-state index is 0. The maximum atomic E-state index is 9.13. The molecule has 31 heavy (non-hydrogen) atoms. The number of para-hydroxylation sites is 3. The van der Waals surface area contributed by atoms with Gasteiger partial charge in [0.05, 0.1) is 0 Å². The summed E-state index contributed by atoms with van der Waals surface area (Å²) in [5.74, 6) is 0.465. The van der Waals surface area contributed by atoms with Crippen LogP contribution in [0.2, 0.25) is 0 Å². The van der Waals surface area contributed by atoms with Gasteiger partial charge in [0, 0.05) is 16.7 Å². The molecule has 3 nitrogen and oxygen atoms in total. The Morgan fingerprint density at radius 2 is 0.677 bits per heavy atom. The summed E-state index contributed by atoms with van der Waals surface area (Å²) in [6, 6.07) is 20.3. The van der Waals surface area contributed by atoms with E-state index in [-0.39, 0.29) is 43.5 Å². The van der Waals surface area contributed by atoms with Crippen molar-refractivity contribution in [2.45, 2.75) is 0 Å². The summed E-state index contributed by atoms with van der Waals surface area (Å²) in [5, 5.41) is 27.4. The van der Waals surface area contributed by atoms with Gasteiger partial charge in [-0.1, -0.05) is 54.6 Å². The molecule has 0 unspecified atom stereocenters. The molecule has 0 atom stereocenters. The van der Waals surface area contributed by atoms with Crippen molar-refractivity contribution in [3.8, 4) is 17.2 Å². The van der Waals surface area contributed by atoms with Gasteiger partial charge in [-0.05, 0) is 18.2 Å². The van der Waals surface area contributed by atoms with Crippen LogP contribution >= 0.6 is 36.7 Å². The first-order chi connectivity index (χ1) is 14.1. The number of hydrogen-bond acceptors (Lipinski definition) is 9. The zero-order valence-corrected chi connectivity index (χ0v) is 24.0. The molecule has 0 aromatic heterocycles. The number of phenols is 3. The molecule has 0 spiro atoms. The molecule has 0 saturated carbocycles. The predicted molar refractivity (Wildman–Crippen MR) is 147 cm³/mol. The molecule has 3 aromatic carbocycles. The van der Waals surface area contributed by atoms with Gasteiger partial charge in [0.2, 0.25) is 0 Å². The average Bonchev–Trinajstić information content (AvgIpc) is 2.69. The van der Waals surface area contributed by atoms with Gasteiger partial charge in [-0.3, -0.25) is 0 Å². The molecule has 0 aliphatic carbocycles. The average molecular weight is 717 g/mol. The van der Waals surface area contributed by atoms with Gasteiger partial charge in [-0.15, -0.1) is 12.6 Å². The summed E-state index contributed by atoms with van der Waals surface area (Å²) >= 11 is 28.2. The second kappa shape index (κ2) is 15.6. The zero-order chi connectivity index (χ0) is 22.7. The van der Waals surface area contributed by atoms with E-state index in [0.29, 0.717) is 29.3 Å². The predicted octanol–water partition coefficient (Wildman–Crippen LogP) is 4.46. The zero-order valence-electron chi connectivity index (χ0n) is 15.7. The van der Waals surface area contributed by atoms with Crippen molar-refractivity contribution in [2.24, 2.45) is 0 Å². The van der Waals surface area contributed by atoms with Crippen LogP contribution in [0, 0.1) is 0 Å². The molecular weight excluding hydrogens is 702 g/mol. The van der Waals surface area contributed by atoms with Crippen molar-refractivity contribution in [3.05, 3.63) is 89.5 Å². The number of hydrogen-bond donors (Lipinski definition) is 3. The summed E-state index contributed by atoms with van der Waals surface area (Å²) in [5.41, 5.74) is 1.69. The molecular formula is C21H15BiO3S6. The fraction of sp³-hybridized carbons (Fsp3) is 0. The summed E-state index contributed by atoms with van der Waals surface area (Å²) in [6.07, 6.45) is 0. The number of aromatic hydroxyl groups is 3. The standard InChI is InChI=1S/3C7H6OS2.Bi/c3*8-6-4-2-1-3-5(6)7(9)10;/h3*1-4,8H,(H,9,10);/q;;;+3/p-3. The summed E-state index contributed by atoms with van der Waals surface area (Å²) in [7, 11) is 0. The SMILES string of the molecule is Oc1ccccc1C(=S)[S-].Oc1ccccc1C(=S)[S-].Oc1ccccc1C(=S)[S-].[Bi+3]. The molecule has 2 radical (unpaired) electrons. The summed E-state index contributed by atoms with van der Waals surface area (Å²) in [6.45, 7) is 0. The van der Waals surface area contributed by atoms with Gasteiger partial charge in [0.15, 0.2) is 0 Å². The van der Waals surface area contributed by atoms with Gasteiger partial charge in [-0.2, -0.15) is 0 Å². The monoisotopic (exact) mass is 716 g/mol. The van der Waals surface area contributed by atoms with Crippen LogP contribution in [0.4, 0.5) is 0 Å². The van der Waals surface area contributed by atoms with Crippen molar-refractivity contribution in [2.75, 3.05) is 0 Å². The van der Waals surface area contributed by atoms with E-state index in [4.69, 9.17) is 89.9 Å². The molecule has 10 heteroatoms. The summed E-state index contributed by atoms with van der Waals surface area (Å²) < 4.78 is 0.911. The van der Waals surface area contributed by atoms with Crippen molar-refractivity contribution >= 4 is 113 Å². The second-order valence-electron chi connectivity index (χ2n) is 5.41. The Morgan fingerprint density at radius 3 is 0.806 bits per heavy atom. The Hall–Kier alpha value is -1.13. The first kappa shape index (κ1) is 29.9. The van der Waals surface area contributed by atoms with E-state index < -0.39 is 0 Å². The normalized spacial score (nSPS) is 8.90. The largest absolute Gasteiger partial charge is 3.00 e. The molecule has 0 aliphatic heterocycles. The molecule has 0 amide bonds. The minimum atomic E-state index is 0. The fourth-order valence-electron chi connectivity index (χ4n) is 1.94. The second-order valence-corrected chi connectivity index (χ2v) is 8.64. The molecule has 3 aromatic rings. The quantitative estimate of drug-likeness (QED) is 0.207. The van der Waals surface area contributed by atoms with Crippen LogP contribution in [0.1, 0.15) is 16.7 Å². The number of benzene rings is 3. The first-order valence-corrected chi connectivity index (χ1v) is 10.6. The van der Waals surface area contributed by atoms with Crippen molar-refractivity contribution in [1.82, 2.24) is 0 Å². The smallest absolute Gasteiger partial charge is 0.507 e. The maximum Gasteiger partial charge on any atom is 3.00 e. The van der Waals surface area contributed by atoms with Gasteiger partial charge in [-0.25, -0.2) is 0 Å². The fourth-order valence-corrected chi connectivity index (χ4v) is 2.97. The Bertz CT molecular complexity index is 911. The van der Waals surface area contributed by atoms with Gasteiger partial charge in [0.25, 0.3) is 0 Å². The first-order valence-electron chi connectivity index (χ1n) is 8.13. The number of rotatable bonds is 3. The third-order valence-electron chi connectivity index (χ3n) is 3.37. The van der Waals surface area contributed by atoms with E-state index in [2.05, 4.69) is 0 Å². The van der Waals surface area contributed by atoms with Gasteiger partial charge >= 0.3 is 26.2 Å². The Balaban J connectivity index is 0.000000429. The maximum absolute atomic E-state index is 9.13. The molecule has 3 N–H and O–H groups in total. The van der Waals surface area contributed by atoms with E-state index >= 15 is 0 Å². The van der Waals surface area contributed by atoms with Crippen molar-refractivity contribution < 1.29 is 15.3 Å². The topological polar surface area (TPSA) is 60.7 Å². The Kier molecular flexibility index (Phi) is 15.1.